The molecule has 0 nitrogen and oxygen atoms in total. The van der Waals surface area contributed by atoms with Crippen LogP contribution in [0.3, 0.4) is 0 Å². The zero-order valence-corrected chi connectivity index (χ0v) is 10.9. The van der Waals surface area contributed by atoms with Crippen molar-refractivity contribution < 1.29 is 0 Å². The minimum Gasteiger partial charge on any atom is -0.0654 e. The van der Waals surface area contributed by atoms with Crippen LogP contribution >= 0.6 is 0 Å². The predicted molar refractivity (Wildman–Crippen MR) is 66.4 cm³/mol. The summed E-state index contributed by atoms with van der Waals surface area (Å²) in [5.41, 5.74) is 0.519. The summed E-state index contributed by atoms with van der Waals surface area (Å²) in [6.07, 6.45) is 9.35. The third kappa shape index (κ3) is 4.02. The monoisotopic (exact) mass is 197 g/mol. The second-order valence-corrected chi connectivity index (χ2v) is 4.72. The first-order valence-electron chi connectivity index (χ1n) is 6.49. The Morgan fingerprint density at radius 2 is 1.43 bits per heavy atom. The summed E-state index contributed by atoms with van der Waals surface area (Å²) in [6.45, 7) is 11.7. The lowest BCUT2D eigenvalue weighted by Crippen LogP contribution is -2.24. The van der Waals surface area contributed by atoms with E-state index in [1.165, 1.54) is 44.9 Å². The molecule has 0 fully saturated rings. The van der Waals surface area contributed by atoms with Crippen LogP contribution in [-0.4, -0.2) is 0 Å². The maximum Gasteiger partial charge on any atom is -0.0182 e. The standard InChI is InChI=1S/C14H29/c1-6-10-12-13(11-7-2)14(5,8-3)9-4/h6-12H2,1-5H3. The van der Waals surface area contributed by atoms with Crippen molar-refractivity contribution in [2.24, 2.45) is 5.41 Å². The predicted octanol–water partition coefficient (Wildman–Crippen LogP) is 5.38. The van der Waals surface area contributed by atoms with Gasteiger partial charge in [-0.2, -0.15) is 0 Å². The minimum absolute atomic E-state index is 0.519. The molecule has 0 unspecified atom stereocenters. The molecule has 0 amide bonds. The maximum atomic E-state index is 2.45. The van der Waals surface area contributed by atoms with Crippen molar-refractivity contribution in [1.82, 2.24) is 0 Å². The molecule has 0 N–H and O–H groups in total. The van der Waals surface area contributed by atoms with E-state index in [4.69, 9.17) is 0 Å². The molecule has 0 saturated heterocycles. The molecule has 0 bridgehead atoms. The van der Waals surface area contributed by atoms with Crippen LogP contribution in [0.1, 0.15) is 79.6 Å². The largest absolute Gasteiger partial charge is 0.0654 e. The Bertz CT molecular complexity index is 122. The van der Waals surface area contributed by atoms with Gasteiger partial charge in [0.2, 0.25) is 0 Å². The lowest BCUT2D eigenvalue weighted by molar-refractivity contribution is 0.282. The SMILES string of the molecule is CCCC[C](CCC)C(C)(CC)CC. The molecule has 14 heavy (non-hydrogen) atoms. The second kappa shape index (κ2) is 7.31. The van der Waals surface area contributed by atoms with Crippen LogP contribution in [0.2, 0.25) is 0 Å². The van der Waals surface area contributed by atoms with E-state index in [2.05, 4.69) is 34.6 Å². The summed E-state index contributed by atoms with van der Waals surface area (Å²) < 4.78 is 0. The zero-order valence-electron chi connectivity index (χ0n) is 10.9. The van der Waals surface area contributed by atoms with Crippen LogP contribution in [0.15, 0.2) is 0 Å². The first kappa shape index (κ1) is 14.0. The normalized spacial score (nSPS) is 12.4. The van der Waals surface area contributed by atoms with E-state index in [9.17, 15) is 0 Å². The summed E-state index contributed by atoms with van der Waals surface area (Å²) in [5.74, 6) is 1.83. The van der Waals surface area contributed by atoms with Crippen molar-refractivity contribution in [3.8, 4) is 0 Å². The van der Waals surface area contributed by atoms with Crippen LogP contribution in [0.5, 0.6) is 0 Å². The van der Waals surface area contributed by atoms with Crippen molar-refractivity contribution in [2.75, 3.05) is 0 Å². The Labute approximate surface area is 91.5 Å². The fourth-order valence-electron chi connectivity index (χ4n) is 2.17. The molecule has 0 heteroatoms. The molecule has 0 aliphatic heterocycles. The number of hydrogen-bond donors (Lipinski definition) is 0. The topological polar surface area (TPSA) is 0 Å². The highest BCUT2D eigenvalue weighted by Gasteiger charge is 2.29. The molecule has 0 rings (SSSR count). The van der Waals surface area contributed by atoms with E-state index in [1.54, 1.807) is 0 Å². The molecule has 0 aliphatic rings. The average molecular weight is 197 g/mol. The maximum absolute atomic E-state index is 2.45. The van der Waals surface area contributed by atoms with Gasteiger partial charge in [0.15, 0.2) is 0 Å². The fraction of sp³-hybridized carbons (Fsp3) is 0.929. The third-order valence-electron chi connectivity index (χ3n) is 3.80. The first-order valence-corrected chi connectivity index (χ1v) is 6.49. The van der Waals surface area contributed by atoms with Gasteiger partial charge < -0.3 is 0 Å². The molecular formula is C14H29. The van der Waals surface area contributed by atoms with Gasteiger partial charge in [-0.1, -0.05) is 66.7 Å². The van der Waals surface area contributed by atoms with Crippen molar-refractivity contribution in [3.63, 3.8) is 0 Å². The molecule has 0 saturated carbocycles. The zero-order chi connectivity index (χ0) is 11.0. The average Bonchev–Trinajstić information content (AvgIpc) is 2.23. The number of unbranched alkanes of at least 4 members (excludes halogenated alkanes) is 1. The molecule has 1 radical (unpaired) electrons. The van der Waals surface area contributed by atoms with Gasteiger partial charge in [0, 0.05) is 0 Å². The Balaban J connectivity index is 4.27. The molecule has 0 atom stereocenters. The number of hydrogen-bond acceptors (Lipinski definition) is 0. The van der Waals surface area contributed by atoms with Gasteiger partial charge in [0.1, 0.15) is 0 Å². The molecular weight excluding hydrogens is 168 g/mol. The first-order chi connectivity index (χ1) is 6.64. The minimum atomic E-state index is 0.519. The van der Waals surface area contributed by atoms with Gasteiger partial charge in [0.25, 0.3) is 0 Å². The lowest BCUT2D eigenvalue weighted by atomic mass is 9.69. The summed E-state index contributed by atoms with van der Waals surface area (Å²) in [7, 11) is 0. The second-order valence-electron chi connectivity index (χ2n) is 4.72. The van der Waals surface area contributed by atoms with Crippen LogP contribution in [0.4, 0.5) is 0 Å². The molecule has 0 heterocycles. The van der Waals surface area contributed by atoms with Gasteiger partial charge in [-0.05, 0) is 24.2 Å². The van der Waals surface area contributed by atoms with Crippen molar-refractivity contribution in [2.45, 2.75) is 79.6 Å². The van der Waals surface area contributed by atoms with Crippen LogP contribution in [0, 0.1) is 11.3 Å². The molecule has 0 spiro atoms. The van der Waals surface area contributed by atoms with Crippen LogP contribution in [-0.2, 0) is 0 Å². The van der Waals surface area contributed by atoms with E-state index in [-0.39, 0.29) is 0 Å². The van der Waals surface area contributed by atoms with Gasteiger partial charge in [0.05, 0.1) is 0 Å². The summed E-state index contributed by atoms with van der Waals surface area (Å²) in [4.78, 5) is 0. The van der Waals surface area contributed by atoms with Crippen molar-refractivity contribution in [3.05, 3.63) is 5.92 Å². The van der Waals surface area contributed by atoms with Gasteiger partial charge in [-0.15, -0.1) is 0 Å². The number of rotatable bonds is 8. The smallest absolute Gasteiger partial charge is 0.0182 e. The highest BCUT2D eigenvalue weighted by Crippen LogP contribution is 2.42. The fourth-order valence-corrected chi connectivity index (χ4v) is 2.17. The molecule has 0 aromatic carbocycles. The molecule has 0 aliphatic carbocycles. The summed E-state index contributed by atoms with van der Waals surface area (Å²) in [5, 5.41) is 0. The Kier molecular flexibility index (Phi) is 7.31. The Morgan fingerprint density at radius 1 is 0.857 bits per heavy atom. The quantitative estimate of drug-likeness (QED) is 0.490. The van der Waals surface area contributed by atoms with E-state index in [0.29, 0.717) is 5.41 Å². The summed E-state index contributed by atoms with van der Waals surface area (Å²) in [6, 6.07) is 0. The summed E-state index contributed by atoms with van der Waals surface area (Å²) >= 11 is 0. The molecule has 0 aromatic rings. The Hall–Kier alpha value is 0. The van der Waals surface area contributed by atoms with Crippen molar-refractivity contribution in [1.29, 1.82) is 0 Å². The van der Waals surface area contributed by atoms with Gasteiger partial charge in [-0.25, -0.2) is 0 Å². The van der Waals surface area contributed by atoms with Gasteiger partial charge in [-0.3, -0.25) is 0 Å². The van der Waals surface area contributed by atoms with E-state index >= 15 is 0 Å². The van der Waals surface area contributed by atoms with Gasteiger partial charge >= 0.3 is 0 Å². The lowest BCUT2D eigenvalue weighted by Gasteiger charge is -2.36. The van der Waals surface area contributed by atoms with E-state index in [1.807, 2.05) is 5.92 Å². The van der Waals surface area contributed by atoms with E-state index in [0.717, 1.165) is 0 Å². The molecule has 85 valence electrons. The highest BCUT2D eigenvalue weighted by atomic mass is 14.3. The highest BCUT2D eigenvalue weighted by molar-refractivity contribution is 5.03. The Morgan fingerprint density at radius 3 is 1.79 bits per heavy atom. The van der Waals surface area contributed by atoms with Crippen molar-refractivity contribution >= 4 is 0 Å². The van der Waals surface area contributed by atoms with E-state index < -0.39 is 0 Å². The third-order valence-corrected chi connectivity index (χ3v) is 3.80. The van der Waals surface area contributed by atoms with Crippen LogP contribution < -0.4 is 0 Å². The molecule has 0 aromatic heterocycles. The van der Waals surface area contributed by atoms with Crippen LogP contribution in [0.25, 0.3) is 0 Å².